The van der Waals surface area contributed by atoms with E-state index in [9.17, 15) is 19.7 Å². The number of methoxy groups -OCH3 is 2. The number of benzene rings is 3. The standard InChI is InChI=1S/C26H24Cl2N2O7/c1-4-37-26(32)19(29-25(31)24-17(27)7-5-8-18(24)28)13-15-11-12-16(20(14-15)30(33)34)23-21(35-2)9-6-10-22(23)36-3/h5-12,14,19H,4,13H2,1-3H3,(H,29,31)/t19-/m0/s1. The third kappa shape index (κ3) is 6.31. The third-order valence-electron chi connectivity index (χ3n) is 5.46. The minimum atomic E-state index is -1.16. The molecule has 194 valence electrons. The van der Waals surface area contributed by atoms with Crippen molar-refractivity contribution in [3.05, 3.63) is 85.9 Å². The number of carbonyl (C=O) groups is 2. The number of carbonyl (C=O) groups excluding carboxylic acids is 2. The van der Waals surface area contributed by atoms with E-state index in [0.717, 1.165) is 0 Å². The highest BCUT2D eigenvalue weighted by Crippen LogP contribution is 2.42. The molecule has 3 rings (SSSR count). The molecule has 0 aliphatic carbocycles. The van der Waals surface area contributed by atoms with E-state index in [1.54, 1.807) is 43.3 Å². The maximum atomic E-state index is 12.9. The van der Waals surface area contributed by atoms with Crippen LogP contribution in [0, 0.1) is 10.1 Å². The topological polar surface area (TPSA) is 117 Å². The molecule has 1 amide bonds. The zero-order chi connectivity index (χ0) is 27.1. The quantitative estimate of drug-likeness (QED) is 0.203. The summed E-state index contributed by atoms with van der Waals surface area (Å²) in [5.74, 6) is -0.609. The number of ether oxygens (including phenoxy) is 3. The van der Waals surface area contributed by atoms with E-state index in [1.807, 2.05) is 0 Å². The van der Waals surface area contributed by atoms with Crippen LogP contribution in [0.25, 0.3) is 11.1 Å². The van der Waals surface area contributed by atoms with Crippen LogP contribution in [0.4, 0.5) is 5.69 Å². The third-order valence-corrected chi connectivity index (χ3v) is 6.09. The van der Waals surface area contributed by atoms with Gasteiger partial charge < -0.3 is 19.5 Å². The Bertz CT molecular complexity index is 1290. The molecule has 1 N–H and O–H groups in total. The number of nitrogens with one attached hydrogen (secondary N) is 1. The van der Waals surface area contributed by atoms with E-state index in [2.05, 4.69) is 5.32 Å². The summed E-state index contributed by atoms with van der Waals surface area (Å²) in [6.45, 7) is 1.70. The molecule has 3 aromatic carbocycles. The van der Waals surface area contributed by atoms with E-state index in [1.165, 1.54) is 32.4 Å². The number of hydrogen-bond donors (Lipinski definition) is 1. The van der Waals surface area contributed by atoms with E-state index < -0.39 is 22.8 Å². The lowest BCUT2D eigenvalue weighted by molar-refractivity contribution is -0.384. The zero-order valence-corrected chi connectivity index (χ0v) is 21.8. The van der Waals surface area contributed by atoms with E-state index in [4.69, 9.17) is 37.4 Å². The fourth-order valence-electron chi connectivity index (χ4n) is 3.80. The summed E-state index contributed by atoms with van der Waals surface area (Å²) < 4.78 is 15.9. The molecule has 1 atom stereocenters. The van der Waals surface area contributed by atoms with Crippen LogP contribution in [0.15, 0.2) is 54.6 Å². The van der Waals surface area contributed by atoms with Crippen molar-refractivity contribution in [2.24, 2.45) is 0 Å². The van der Waals surface area contributed by atoms with Gasteiger partial charge in [0.25, 0.3) is 11.6 Å². The number of nitrogens with zero attached hydrogens (tertiary/aromatic N) is 1. The molecule has 0 aromatic heterocycles. The number of esters is 1. The van der Waals surface area contributed by atoms with Crippen LogP contribution in [0.5, 0.6) is 11.5 Å². The van der Waals surface area contributed by atoms with Gasteiger partial charge in [-0.3, -0.25) is 14.9 Å². The number of amides is 1. The summed E-state index contributed by atoms with van der Waals surface area (Å²) in [6, 6.07) is 13.0. The van der Waals surface area contributed by atoms with Gasteiger partial charge in [-0.2, -0.15) is 0 Å². The zero-order valence-electron chi connectivity index (χ0n) is 20.2. The van der Waals surface area contributed by atoms with Crippen LogP contribution in [0.3, 0.4) is 0 Å². The molecule has 9 nitrogen and oxygen atoms in total. The highest BCUT2D eigenvalue weighted by atomic mass is 35.5. The van der Waals surface area contributed by atoms with Crippen LogP contribution in [0.1, 0.15) is 22.8 Å². The second-order valence-electron chi connectivity index (χ2n) is 7.73. The van der Waals surface area contributed by atoms with Crippen molar-refractivity contribution in [3.8, 4) is 22.6 Å². The first-order valence-corrected chi connectivity index (χ1v) is 11.9. The van der Waals surface area contributed by atoms with E-state index in [0.29, 0.717) is 22.6 Å². The van der Waals surface area contributed by atoms with Crippen molar-refractivity contribution < 1.29 is 28.7 Å². The summed E-state index contributed by atoms with van der Waals surface area (Å²) in [5.41, 5.74) is 0.859. The number of rotatable bonds is 10. The number of hydrogen-bond acceptors (Lipinski definition) is 7. The van der Waals surface area contributed by atoms with Crippen LogP contribution in [-0.2, 0) is 16.0 Å². The molecule has 11 heteroatoms. The minimum Gasteiger partial charge on any atom is -0.496 e. The Hall–Kier alpha value is -3.82. The fourth-order valence-corrected chi connectivity index (χ4v) is 4.37. The lowest BCUT2D eigenvalue weighted by Crippen LogP contribution is -2.43. The van der Waals surface area contributed by atoms with Gasteiger partial charge in [-0.15, -0.1) is 0 Å². The van der Waals surface area contributed by atoms with Gasteiger partial charge in [-0.1, -0.05) is 41.4 Å². The van der Waals surface area contributed by atoms with Gasteiger partial charge in [0.15, 0.2) is 0 Å². The van der Waals surface area contributed by atoms with Crippen molar-refractivity contribution >= 4 is 40.8 Å². The molecule has 0 saturated carbocycles. The molecule has 0 aliphatic rings. The molecule has 0 spiro atoms. The first kappa shape index (κ1) is 27.8. The summed E-state index contributed by atoms with van der Waals surface area (Å²) in [6.07, 6.45) is -0.0865. The number of halogens is 2. The summed E-state index contributed by atoms with van der Waals surface area (Å²) in [7, 11) is 2.91. The predicted molar refractivity (Wildman–Crippen MR) is 140 cm³/mol. The van der Waals surface area contributed by atoms with Crippen molar-refractivity contribution in [1.82, 2.24) is 5.32 Å². The molecule has 3 aromatic rings. The normalized spacial score (nSPS) is 11.4. The van der Waals surface area contributed by atoms with Gasteiger partial charge in [-0.25, -0.2) is 4.79 Å². The molecular weight excluding hydrogens is 523 g/mol. The summed E-state index contributed by atoms with van der Waals surface area (Å²) in [5, 5.41) is 14.8. The maximum absolute atomic E-state index is 12.9. The highest BCUT2D eigenvalue weighted by molar-refractivity contribution is 6.39. The van der Waals surface area contributed by atoms with Crippen molar-refractivity contribution in [2.75, 3.05) is 20.8 Å². The van der Waals surface area contributed by atoms with E-state index >= 15 is 0 Å². The van der Waals surface area contributed by atoms with E-state index in [-0.39, 0.29) is 39.9 Å². The number of nitro groups is 1. The monoisotopic (exact) mass is 546 g/mol. The molecule has 0 unspecified atom stereocenters. The smallest absolute Gasteiger partial charge is 0.328 e. The molecule has 0 bridgehead atoms. The molecule has 37 heavy (non-hydrogen) atoms. The summed E-state index contributed by atoms with van der Waals surface area (Å²) >= 11 is 12.3. The Morgan fingerprint density at radius 1 is 1.00 bits per heavy atom. The van der Waals surface area contributed by atoms with Gasteiger partial charge in [0.1, 0.15) is 17.5 Å². The Balaban J connectivity index is 2.00. The Kier molecular flexibility index (Phi) is 9.32. The molecule has 0 radical (unpaired) electrons. The first-order valence-electron chi connectivity index (χ1n) is 11.1. The van der Waals surface area contributed by atoms with Gasteiger partial charge >= 0.3 is 5.97 Å². The van der Waals surface area contributed by atoms with Crippen LogP contribution in [-0.4, -0.2) is 43.7 Å². The van der Waals surface area contributed by atoms with Crippen LogP contribution < -0.4 is 14.8 Å². The Labute approximate surface area is 223 Å². The van der Waals surface area contributed by atoms with Crippen LogP contribution in [0.2, 0.25) is 10.0 Å². The summed E-state index contributed by atoms with van der Waals surface area (Å²) in [4.78, 5) is 37.1. The first-order chi connectivity index (χ1) is 17.7. The minimum absolute atomic E-state index is 0.00438. The second kappa shape index (κ2) is 12.4. The van der Waals surface area contributed by atoms with Crippen molar-refractivity contribution in [2.45, 2.75) is 19.4 Å². The molecule has 0 aliphatic heterocycles. The van der Waals surface area contributed by atoms with Crippen molar-refractivity contribution in [1.29, 1.82) is 0 Å². The molecule has 0 heterocycles. The number of nitro benzene ring substituents is 1. The second-order valence-corrected chi connectivity index (χ2v) is 8.54. The fraction of sp³-hybridized carbons (Fsp3) is 0.231. The highest BCUT2D eigenvalue weighted by Gasteiger charge is 2.28. The largest absolute Gasteiger partial charge is 0.496 e. The van der Waals surface area contributed by atoms with Crippen molar-refractivity contribution in [3.63, 3.8) is 0 Å². The average Bonchev–Trinajstić information content (AvgIpc) is 2.87. The predicted octanol–water partition coefficient (Wildman–Crippen LogP) is 5.49. The van der Waals surface area contributed by atoms with Gasteiger partial charge in [-0.05, 0) is 42.8 Å². The van der Waals surface area contributed by atoms with Crippen LogP contribution >= 0.6 is 23.2 Å². The molecule has 0 saturated heterocycles. The average molecular weight is 547 g/mol. The van der Waals surface area contributed by atoms with Gasteiger partial charge in [0, 0.05) is 12.5 Å². The maximum Gasteiger partial charge on any atom is 0.328 e. The Morgan fingerprint density at radius 2 is 1.59 bits per heavy atom. The lowest BCUT2D eigenvalue weighted by atomic mass is 9.97. The SMILES string of the molecule is CCOC(=O)[C@H](Cc1ccc(-c2c(OC)cccc2OC)c([N+](=O)[O-])c1)NC(=O)c1c(Cl)cccc1Cl. The molecule has 0 fully saturated rings. The lowest BCUT2D eigenvalue weighted by Gasteiger charge is -2.19. The molecular formula is C26H24Cl2N2O7. The van der Waals surface area contributed by atoms with Gasteiger partial charge in [0.05, 0.1) is 52.5 Å². The Morgan fingerprint density at radius 3 is 2.14 bits per heavy atom. The van der Waals surface area contributed by atoms with Gasteiger partial charge in [0.2, 0.25) is 0 Å².